The van der Waals surface area contributed by atoms with E-state index in [1.165, 1.54) is 0 Å². The van der Waals surface area contributed by atoms with Gasteiger partial charge in [0.1, 0.15) is 11.4 Å². The Labute approximate surface area is 134 Å². The minimum absolute atomic E-state index is 0.00233. The number of Topliss-reactive ketones (excluding diaryl/α,β-unsaturated/α-hetero) is 1. The zero-order valence-electron chi connectivity index (χ0n) is 12.8. The summed E-state index contributed by atoms with van der Waals surface area (Å²) in [4.78, 5) is 20.7. The van der Waals surface area contributed by atoms with Crippen molar-refractivity contribution in [3.63, 3.8) is 0 Å². The van der Waals surface area contributed by atoms with Crippen molar-refractivity contribution >= 4 is 5.78 Å². The summed E-state index contributed by atoms with van der Waals surface area (Å²) >= 11 is 0. The number of carbonyl (C=O) groups is 1. The molecule has 0 aliphatic rings. The number of hydrogen-bond donors (Lipinski definition) is 0. The number of methoxy groups -OCH3 is 1. The number of ether oxygens (including phenoxy) is 1. The minimum Gasteiger partial charge on any atom is -0.497 e. The van der Waals surface area contributed by atoms with E-state index in [0.717, 1.165) is 22.6 Å². The Hall–Kier alpha value is -3.01. The molecule has 0 spiro atoms. The van der Waals surface area contributed by atoms with E-state index in [1.807, 2.05) is 42.5 Å². The minimum atomic E-state index is -0.00233. The van der Waals surface area contributed by atoms with Gasteiger partial charge in [0.25, 0.3) is 0 Å². The smallest absolute Gasteiger partial charge is 0.185 e. The fourth-order valence-corrected chi connectivity index (χ4v) is 2.31. The van der Waals surface area contributed by atoms with Crippen molar-refractivity contribution in [1.29, 1.82) is 0 Å². The van der Waals surface area contributed by atoms with Gasteiger partial charge in [0.2, 0.25) is 0 Å². The summed E-state index contributed by atoms with van der Waals surface area (Å²) in [6.45, 7) is 0. The molecule has 114 valence electrons. The summed E-state index contributed by atoms with van der Waals surface area (Å²) in [6, 6.07) is 16.8. The van der Waals surface area contributed by atoms with Crippen LogP contribution in [0.4, 0.5) is 0 Å². The van der Waals surface area contributed by atoms with Gasteiger partial charge in [-0.05, 0) is 54.1 Å². The highest BCUT2D eigenvalue weighted by Crippen LogP contribution is 2.21. The monoisotopic (exact) mass is 304 g/mol. The van der Waals surface area contributed by atoms with Gasteiger partial charge in [-0.25, -0.2) is 0 Å². The normalized spacial score (nSPS) is 10.3. The van der Waals surface area contributed by atoms with Crippen LogP contribution in [0, 0.1) is 0 Å². The first-order valence-corrected chi connectivity index (χ1v) is 7.30. The fraction of sp³-hybridized carbons (Fsp3) is 0.105. The maximum atomic E-state index is 12.2. The molecular weight excluding hydrogens is 288 g/mol. The summed E-state index contributed by atoms with van der Waals surface area (Å²) in [6.07, 6.45) is 3.66. The number of ketones is 1. The highest BCUT2D eigenvalue weighted by molar-refractivity contribution is 5.95. The summed E-state index contributed by atoms with van der Waals surface area (Å²) in [5.41, 5.74) is 3.22. The largest absolute Gasteiger partial charge is 0.497 e. The van der Waals surface area contributed by atoms with Gasteiger partial charge in [-0.15, -0.1) is 0 Å². The van der Waals surface area contributed by atoms with Gasteiger partial charge in [0, 0.05) is 24.4 Å². The molecule has 0 radical (unpaired) electrons. The second-order valence-corrected chi connectivity index (χ2v) is 5.09. The van der Waals surface area contributed by atoms with Crippen molar-refractivity contribution in [2.24, 2.45) is 0 Å². The molecule has 0 saturated carbocycles. The lowest BCUT2D eigenvalue weighted by Crippen LogP contribution is -2.05. The quantitative estimate of drug-likeness (QED) is 0.676. The van der Waals surface area contributed by atoms with Gasteiger partial charge in [0.05, 0.1) is 12.8 Å². The van der Waals surface area contributed by atoms with E-state index in [9.17, 15) is 4.79 Å². The second-order valence-electron chi connectivity index (χ2n) is 5.09. The van der Waals surface area contributed by atoms with Gasteiger partial charge < -0.3 is 4.74 Å². The second kappa shape index (κ2) is 6.83. The Morgan fingerprint density at radius 3 is 2.52 bits per heavy atom. The Morgan fingerprint density at radius 2 is 1.83 bits per heavy atom. The molecule has 0 N–H and O–H groups in total. The molecule has 1 aromatic carbocycles. The van der Waals surface area contributed by atoms with E-state index in [4.69, 9.17) is 4.74 Å². The first-order chi connectivity index (χ1) is 11.3. The Bertz CT molecular complexity index is 799. The van der Waals surface area contributed by atoms with Crippen LogP contribution in [0.25, 0.3) is 11.3 Å². The Balaban J connectivity index is 1.80. The predicted molar refractivity (Wildman–Crippen MR) is 88.5 cm³/mol. The molecule has 2 heterocycles. The van der Waals surface area contributed by atoms with E-state index in [2.05, 4.69) is 9.97 Å². The molecule has 0 aliphatic carbocycles. The van der Waals surface area contributed by atoms with E-state index < -0.39 is 0 Å². The predicted octanol–water partition coefficient (Wildman–Crippen LogP) is 3.58. The maximum absolute atomic E-state index is 12.2. The lowest BCUT2D eigenvalue weighted by Gasteiger charge is -2.06. The van der Waals surface area contributed by atoms with E-state index in [1.54, 1.807) is 31.6 Å². The van der Waals surface area contributed by atoms with E-state index >= 15 is 0 Å². The van der Waals surface area contributed by atoms with E-state index in [0.29, 0.717) is 12.1 Å². The van der Waals surface area contributed by atoms with Crippen molar-refractivity contribution in [3.05, 3.63) is 78.2 Å². The summed E-state index contributed by atoms with van der Waals surface area (Å²) < 4.78 is 5.16. The molecule has 4 nitrogen and oxygen atoms in total. The topological polar surface area (TPSA) is 52.1 Å². The van der Waals surface area contributed by atoms with Crippen LogP contribution >= 0.6 is 0 Å². The van der Waals surface area contributed by atoms with Crippen molar-refractivity contribution in [1.82, 2.24) is 9.97 Å². The SMILES string of the molecule is COc1ccc(-c2cc(CC(=O)c3ccccn3)ccn2)cc1. The molecule has 2 aromatic heterocycles. The first kappa shape index (κ1) is 14.9. The first-order valence-electron chi connectivity index (χ1n) is 7.30. The highest BCUT2D eigenvalue weighted by Gasteiger charge is 2.09. The summed E-state index contributed by atoms with van der Waals surface area (Å²) in [5.74, 6) is 0.799. The molecule has 0 atom stereocenters. The van der Waals surface area contributed by atoms with Crippen LogP contribution in [0.3, 0.4) is 0 Å². The van der Waals surface area contributed by atoms with Crippen LogP contribution in [0.15, 0.2) is 67.0 Å². The summed E-state index contributed by atoms with van der Waals surface area (Å²) in [5, 5.41) is 0. The number of nitrogens with zero attached hydrogens (tertiary/aromatic N) is 2. The van der Waals surface area contributed by atoms with Crippen LogP contribution < -0.4 is 4.74 Å². The molecule has 0 saturated heterocycles. The van der Waals surface area contributed by atoms with Crippen LogP contribution in [-0.4, -0.2) is 22.9 Å². The number of pyridine rings is 2. The fourth-order valence-electron chi connectivity index (χ4n) is 2.31. The third-order valence-electron chi connectivity index (χ3n) is 3.53. The molecule has 3 rings (SSSR count). The average molecular weight is 304 g/mol. The van der Waals surface area contributed by atoms with E-state index in [-0.39, 0.29) is 5.78 Å². The molecular formula is C19H16N2O2. The number of hydrogen-bond acceptors (Lipinski definition) is 4. The highest BCUT2D eigenvalue weighted by atomic mass is 16.5. The van der Waals surface area contributed by atoms with Crippen molar-refractivity contribution in [2.45, 2.75) is 6.42 Å². The maximum Gasteiger partial charge on any atom is 0.185 e. The molecule has 0 aliphatic heterocycles. The number of benzene rings is 1. The van der Waals surface area contributed by atoms with Crippen LogP contribution in [0.2, 0.25) is 0 Å². The zero-order chi connectivity index (χ0) is 16.1. The van der Waals surface area contributed by atoms with Gasteiger partial charge >= 0.3 is 0 Å². The number of rotatable bonds is 5. The van der Waals surface area contributed by atoms with Crippen LogP contribution in [0.5, 0.6) is 5.75 Å². The van der Waals surface area contributed by atoms with Gasteiger partial charge in [-0.1, -0.05) is 6.07 Å². The van der Waals surface area contributed by atoms with Gasteiger partial charge in [-0.3, -0.25) is 14.8 Å². The van der Waals surface area contributed by atoms with Crippen LogP contribution in [0.1, 0.15) is 16.1 Å². The molecule has 0 unspecified atom stereocenters. The molecule has 3 aromatic rings. The zero-order valence-corrected chi connectivity index (χ0v) is 12.8. The lowest BCUT2D eigenvalue weighted by atomic mass is 10.0. The molecule has 4 heteroatoms. The molecule has 0 bridgehead atoms. The van der Waals surface area contributed by atoms with Crippen molar-refractivity contribution in [2.75, 3.05) is 7.11 Å². The third kappa shape index (κ3) is 3.61. The third-order valence-corrected chi connectivity index (χ3v) is 3.53. The Kier molecular flexibility index (Phi) is 4.43. The Morgan fingerprint density at radius 1 is 1.00 bits per heavy atom. The van der Waals surface area contributed by atoms with Crippen LogP contribution in [-0.2, 0) is 6.42 Å². The van der Waals surface area contributed by atoms with Gasteiger partial charge in [-0.2, -0.15) is 0 Å². The molecule has 23 heavy (non-hydrogen) atoms. The van der Waals surface area contributed by atoms with Gasteiger partial charge in [0.15, 0.2) is 5.78 Å². The number of aromatic nitrogens is 2. The average Bonchev–Trinajstić information content (AvgIpc) is 2.63. The lowest BCUT2D eigenvalue weighted by molar-refractivity contribution is 0.0988. The number of carbonyl (C=O) groups excluding carboxylic acids is 1. The molecule has 0 amide bonds. The van der Waals surface area contributed by atoms with Crippen molar-refractivity contribution < 1.29 is 9.53 Å². The standard InChI is InChI=1S/C19H16N2O2/c1-23-16-7-5-15(6-8-16)18-12-14(9-11-21-18)13-19(22)17-4-2-3-10-20-17/h2-12H,13H2,1H3. The summed E-state index contributed by atoms with van der Waals surface area (Å²) in [7, 11) is 1.64. The molecule has 0 fully saturated rings. The van der Waals surface area contributed by atoms with Crippen molar-refractivity contribution in [3.8, 4) is 17.0 Å².